The lowest BCUT2D eigenvalue weighted by molar-refractivity contribution is 0.0693. The number of carbonyl (C=O) groups is 1. The highest BCUT2D eigenvalue weighted by Crippen LogP contribution is 2.36. The molecule has 1 rings (SSSR count). The minimum absolute atomic E-state index is 0.135. The van der Waals surface area contributed by atoms with E-state index >= 15 is 0 Å². The van der Waals surface area contributed by atoms with Crippen LogP contribution >= 0.6 is 0 Å². The maximum absolute atomic E-state index is 11.0. The number of carboxylic acid groups (broad SMARTS) is 1. The van der Waals surface area contributed by atoms with Crippen LogP contribution in [0.3, 0.4) is 0 Å². The molecule has 0 saturated carbocycles. The average molecular weight is 224 g/mol. The van der Waals surface area contributed by atoms with Gasteiger partial charge >= 0.3 is 5.97 Å². The lowest BCUT2D eigenvalue weighted by Gasteiger charge is -2.22. The van der Waals surface area contributed by atoms with Crippen LogP contribution in [0.5, 0.6) is 11.5 Å². The van der Waals surface area contributed by atoms with Crippen LogP contribution in [-0.4, -0.2) is 23.3 Å². The van der Waals surface area contributed by atoms with Crippen LogP contribution in [0, 0.1) is 0 Å². The van der Waals surface area contributed by atoms with Gasteiger partial charge in [-0.2, -0.15) is 0 Å². The Morgan fingerprint density at radius 1 is 1.31 bits per heavy atom. The molecule has 0 radical (unpaired) electrons. The first-order valence-electron chi connectivity index (χ1n) is 4.92. The largest absolute Gasteiger partial charge is 0.507 e. The highest BCUT2D eigenvalue weighted by Gasteiger charge is 2.24. The second-order valence-electron chi connectivity index (χ2n) is 4.63. The van der Waals surface area contributed by atoms with Crippen molar-refractivity contribution in [2.24, 2.45) is 0 Å². The van der Waals surface area contributed by atoms with Crippen molar-refractivity contribution in [3.05, 3.63) is 23.3 Å². The predicted molar refractivity (Wildman–Crippen MR) is 60.3 cm³/mol. The molecule has 1 aromatic carbocycles. The van der Waals surface area contributed by atoms with Gasteiger partial charge < -0.3 is 14.9 Å². The fourth-order valence-electron chi connectivity index (χ4n) is 1.46. The van der Waals surface area contributed by atoms with Gasteiger partial charge in [-0.15, -0.1) is 0 Å². The van der Waals surface area contributed by atoms with Gasteiger partial charge in [0, 0.05) is 5.56 Å². The summed E-state index contributed by atoms with van der Waals surface area (Å²) in [6, 6.07) is 2.97. The van der Waals surface area contributed by atoms with Crippen LogP contribution in [0.25, 0.3) is 0 Å². The van der Waals surface area contributed by atoms with Gasteiger partial charge in [-0.3, -0.25) is 0 Å². The van der Waals surface area contributed by atoms with Crippen molar-refractivity contribution in [1.29, 1.82) is 0 Å². The molecule has 0 atom stereocenters. The highest BCUT2D eigenvalue weighted by atomic mass is 16.5. The van der Waals surface area contributed by atoms with Gasteiger partial charge in [-0.25, -0.2) is 4.79 Å². The van der Waals surface area contributed by atoms with E-state index in [4.69, 9.17) is 9.84 Å². The van der Waals surface area contributed by atoms with E-state index < -0.39 is 5.97 Å². The Labute approximate surface area is 94.5 Å². The summed E-state index contributed by atoms with van der Waals surface area (Å²) in [7, 11) is 1.46. The van der Waals surface area contributed by atoms with Crippen molar-refractivity contribution in [2.45, 2.75) is 26.2 Å². The van der Waals surface area contributed by atoms with Crippen molar-refractivity contribution in [1.82, 2.24) is 0 Å². The summed E-state index contributed by atoms with van der Waals surface area (Å²) in [6.07, 6.45) is 0. The molecule has 2 N–H and O–H groups in total. The van der Waals surface area contributed by atoms with Crippen molar-refractivity contribution < 1.29 is 19.7 Å². The van der Waals surface area contributed by atoms with Crippen molar-refractivity contribution in [3.8, 4) is 11.5 Å². The summed E-state index contributed by atoms with van der Waals surface area (Å²) in [4.78, 5) is 11.0. The second kappa shape index (κ2) is 4.04. The maximum atomic E-state index is 11.0. The molecule has 88 valence electrons. The van der Waals surface area contributed by atoms with Gasteiger partial charge in [0.25, 0.3) is 0 Å². The van der Waals surface area contributed by atoms with E-state index in [0.29, 0.717) is 11.3 Å². The van der Waals surface area contributed by atoms with E-state index in [1.807, 2.05) is 20.8 Å². The Hall–Kier alpha value is -1.71. The summed E-state index contributed by atoms with van der Waals surface area (Å²) in [5, 5.41) is 18.8. The van der Waals surface area contributed by atoms with Gasteiger partial charge in [0.15, 0.2) is 0 Å². The third-order valence-corrected chi connectivity index (χ3v) is 2.36. The number of hydrogen-bond donors (Lipinski definition) is 2. The van der Waals surface area contributed by atoms with Crippen LogP contribution in [0.15, 0.2) is 12.1 Å². The van der Waals surface area contributed by atoms with Gasteiger partial charge in [-0.1, -0.05) is 20.8 Å². The van der Waals surface area contributed by atoms with E-state index in [2.05, 4.69) is 0 Å². The maximum Gasteiger partial charge on any atom is 0.339 e. The molecule has 0 unspecified atom stereocenters. The molecule has 0 aliphatic heterocycles. The second-order valence-corrected chi connectivity index (χ2v) is 4.63. The number of hydrogen-bond acceptors (Lipinski definition) is 3. The number of ether oxygens (including phenoxy) is 1. The zero-order valence-corrected chi connectivity index (χ0v) is 9.87. The van der Waals surface area contributed by atoms with E-state index in [-0.39, 0.29) is 16.7 Å². The zero-order chi connectivity index (χ0) is 12.5. The van der Waals surface area contributed by atoms with Crippen LogP contribution < -0.4 is 4.74 Å². The van der Waals surface area contributed by atoms with Gasteiger partial charge in [0.2, 0.25) is 0 Å². The summed E-state index contributed by atoms with van der Waals surface area (Å²) in [5.41, 5.74) is 0.0801. The average Bonchev–Trinajstić information content (AvgIpc) is 2.15. The lowest BCUT2D eigenvalue weighted by Crippen LogP contribution is -2.13. The third kappa shape index (κ3) is 2.27. The Bertz CT molecular complexity index is 416. The molecule has 0 aliphatic carbocycles. The van der Waals surface area contributed by atoms with Gasteiger partial charge in [0.1, 0.15) is 17.1 Å². The van der Waals surface area contributed by atoms with E-state index in [1.54, 1.807) is 6.07 Å². The minimum Gasteiger partial charge on any atom is -0.507 e. The monoisotopic (exact) mass is 224 g/mol. The van der Waals surface area contributed by atoms with E-state index in [0.717, 1.165) is 0 Å². The number of rotatable bonds is 2. The molecular formula is C12H16O4. The summed E-state index contributed by atoms with van der Waals surface area (Å²) < 4.78 is 5.02. The number of carboxylic acids is 1. The lowest BCUT2D eigenvalue weighted by atomic mass is 9.85. The molecule has 0 aliphatic rings. The summed E-state index contributed by atoms with van der Waals surface area (Å²) >= 11 is 0. The molecule has 0 heterocycles. The van der Waals surface area contributed by atoms with Crippen LogP contribution in [0.1, 0.15) is 36.7 Å². The van der Waals surface area contributed by atoms with Gasteiger partial charge in [0.05, 0.1) is 7.11 Å². The SMILES string of the molecule is COc1cc(C(=O)O)c(O)c(C(C)(C)C)c1. The van der Waals surface area contributed by atoms with Crippen LogP contribution in [0.4, 0.5) is 0 Å². The quantitative estimate of drug-likeness (QED) is 0.809. The van der Waals surface area contributed by atoms with Crippen LogP contribution in [-0.2, 0) is 5.41 Å². The fraction of sp³-hybridized carbons (Fsp3) is 0.417. The van der Waals surface area contributed by atoms with Crippen molar-refractivity contribution >= 4 is 5.97 Å². The molecule has 0 spiro atoms. The Kier molecular flexibility index (Phi) is 3.12. The van der Waals surface area contributed by atoms with E-state index in [1.165, 1.54) is 13.2 Å². The molecular weight excluding hydrogens is 208 g/mol. The zero-order valence-electron chi connectivity index (χ0n) is 9.87. The Morgan fingerprint density at radius 3 is 2.25 bits per heavy atom. The fourth-order valence-corrected chi connectivity index (χ4v) is 1.46. The predicted octanol–water partition coefficient (Wildman–Crippen LogP) is 2.40. The molecule has 0 aromatic heterocycles. The first-order valence-corrected chi connectivity index (χ1v) is 4.92. The van der Waals surface area contributed by atoms with Crippen molar-refractivity contribution in [2.75, 3.05) is 7.11 Å². The minimum atomic E-state index is -1.16. The summed E-state index contributed by atoms with van der Waals surface area (Å²) in [5.74, 6) is -0.928. The molecule has 0 amide bonds. The number of aromatic hydroxyl groups is 1. The molecule has 0 saturated heterocycles. The number of aromatic carboxylic acids is 1. The highest BCUT2D eigenvalue weighted by molar-refractivity contribution is 5.92. The molecule has 0 bridgehead atoms. The number of phenols is 1. The third-order valence-electron chi connectivity index (χ3n) is 2.36. The van der Waals surface area contributed by atoms with Crippen LogP contribution in [0.2, 0.25) is 0 Å². The smallest absolute Gasteiger partial charge is 0.339 e. The Morgan fingerprint density at radius 2 is 1.88 bits per heavy atom. The Balaban J connectivity index is 3.50. The molecule has 16 heavy (non-hydrogen) atoms. The molecule has 4 heteroatoms. The first-order chi connectivity index (χ1) is 7.27. The van der Waals surface area contributed by atoms with Gasteiger partial charge in [-0.05, 0) is 17.5 Å². The molecule has 4 nitrogen and oxygen atoms in total. The number of methoxy groups -OCH3 is 1. The topological polar surface area (TPSA) is 66.8 Å². The molecule has 1 aromatic rings. The summed E-state index contributed by atoms with van der Waals surface area (Å²) in [6.45, 7) is 5.69. The molecule has 0 fully saturated rings. The normalized spacial score (nSPS) is 11.2. The standard InChI is InChI=1S/C12H16O4/c1-12(2,3)9-6-7(16-4)5-8(10(9)13)11(14)15/h5-6,13H,1-4H3,(H,14,15). The van der Waals surface area contributed by atoms with E-state index in [9.17, 15) is 9.90 Å². The number of benzene rings is 1. The van der Waals surface area contributed by atoms with Crippen molar-refractivity contribution in [3.63, 3.8) is 0 Å². The first kappa shape index (κ1) is 12.4.